The average molecular weight is 536 g/mol. The molecule has 4 aliphatic rings. The molecule has 0 bridgehead atoms. The third-order valence-corrected chi connectivity index (χ3v) is 8.72. The fourth-order valence-electron chi connectivity index (χ4n) is 6.69. The van der Waals surface area contributed by atoms with Gasteiger partial charge in [-0.1, -0.05) is 61.4 Å². The summed E-state index contributed by atoms with van der Waals surface area (Å²) in [5, 5.41) is 17.7. The van der Waals surface area contributed by atoms with E-state index in [1.165, 1.54) is 0 Å². The summed E-state index contributed by atoms with van der Waals surface area (Å²) in [4.78, 5) is 28.7. The summed E-state index contributed by atoms with van der Waals surface area (Å²) in [5.74, 6) is -0.00880. The van der Waals surface area contributed by atoms with E-state index in [1.54, 1.807) is 0 Å². The number of anilines is 1. The van der Waals surface area contributed by atoms with Crippen LogP contribution in [0.4, 0.5) is 10.5 Å². The summed E-state index contributed by atoms with van der Waals surface area (Å²) in [5.41, 5.74) is 1.96. The Hall–Kier alpha value is -2.98. The Morgan fingerprint density at radius 3 is 2.82 bits per heavy atom. The molecule has 39 heavy (non-hydrogen) atoms. The number of β-amino-alcohol motifs (C(OH)–C–C–N with tert-alkyl or cyclic N) is 1. The number of nitrogens with one attached hydrogen (secondary N) is 2. The highest BCUT2D eigenvalue weighted by Gasteiger charge is 2.52. The van der Waals surface area contributed by atoms with Crippen LogP contribution >= 0.6 is 0 Å². The van der Waals surface area contributed by atoms with Gasteiger partial charge in [0.15, 0.2) is 6.29 Å². The van der Waals surface area contributed by atoms with Crippen LogP contribution in [0.3, 0.4) is 0 Å². The van der Waals surface area contributed by atoms with Crippen molar-refractivity contribution >= 4 is 17.7 Å². The quantitative estimate of drug-likeness (QED) is 0.500. The van der Waals surface area contributed by atoms with E-state index in [2.05, 4.69) is 15.5 Å². The lowest BCUT2D eigenvalue weighted by molar-refractivity contribution is -0.129. The molecule has 2 amide bonds. The first-order valence-corrected chi connectivity index (χ1v) is 14.1. The lowest BCUT2D eigenvalue weighted by Crippen LogP contribution is -2.57. The van der Waals surface area contributed by atoms with Gasteiger partial charge in [-0.15, -0.1) is 0 Å². The number of amides is 2. The minimum absolute atomic E-state index is 0.0335. The molecule has 3 N–H and O–H groups in total. The molecule has 3 fully saturated rings. The topological polar surface area (TPSA) is 109 Å². The number of alkyl carbamates (subject to hydrolysis) is 1. The predicted molar refractivity (Wildman–Crippen MR) is 144 cm³/mol. The summed E-state index contributed by atoms with van der Waals surface area (Å²) in [6.07, 6.45) is 2.60. The van der Waals surface area contributed by atoms with Crippen molar-refractivity contribution in [3.05, 3.63) is 65.7 Å². The maximum absolute atomic E-state index is 13.5. The number of fused-ring (bicyclic) bond motifs is 3. The first kappa shape index (κ1) is 26.3. The fourth-order valence-corrected chi connectivity index (χ4v) is 6.69. The van der Waals surface area contributed by atoms with Crippen LogP contribution < -0.4 is 10.6 Å². The number of hydrogen-bond acceptors (Lipinski definition) is 7. The zero-order valence-corrected chi connectivity index (χ0v) is 22.1. The first-order valence-electron chi connectivity index (χ1n) is 14.1. The summed E-state index contributed by atoms with van der Waals surface area (Å²) >= 11 is 0. The molecule has 1 spiro atoms. The van der Waals surface area contributed by atoms with E-state index in [9.17, 15) is 14.7 Å². The van der Waals surface area contributed by atoms with E-state index in [-0.39, 0.29) is 30.8 Å². The largest absolute Gasteiger partial charge is 0.443 e. The van der Waals surface area contributed by atoms with Crippen molar-refractivity contribution in [3.8, 4) is 0 Å². The molecule has 2 aromatic rings. The van der Waals surface area contributed by atoms with E-state index in [4.69, 9.17) is 14.2 Å². The molecule has 0 aliphatic carbocycles. The van der Waals surface area contributed by atoms with E-state index in [1.807, 2.05) is 54.6 Å². The van der Waals surface area contributed by atoms with Gasteiger partial charge in [0.25, 0.3) is 0 Å². The smallest absolute Gasteiger partial charge is 0.407 e. The Labute approximate surface area is 228 Å². The lowest BCUT2D eigenvalue weighted by Gasteiger charge is -2.40. The monoisotopic (exact) mass is 535 g/mol. The number of aliphatic hydroxyl groups is 1. The summed E-state index contributed by atoms with van der Waals surface area (Å²) in [7, 11) is 0. The van der Waals surface area contributed by atoms with E-state index < -0.39 is 23.8 Å². The number of rotatable bonds is 7. The van der Waals surface area contributed by atoms with Gasteiger partial charge in [0.1, 0.15) is 11.6 Å². The van der Waals surface area contributed by atoms with Crippen molar-refractivity contribution in [2.45, 2.75) is 68.6 Å². The zero-order valence-electron chi connectivity index (χ0n) is 22.1. The minimum Gasteiger partial charge on any atom is -0.443 e. The number of carbonyl (C=O) groups excluding carboxylic acids is 2. The van der Waals surface area contributed by atoms with Gasteiger partial charge in [0, 0.05) is 17.8 Å². The molecule has 2 aromatic carbocycles. The van der Waals surface area contributed by atoms with Gasteiger partial charge in [-0.2, -0.15) is 0 Å². The number of carbonyl (C=O) groups is 2. The molecular formula is C30H37N3O6. The third-order valence-electron chi connectivity index (χ3n) is 8.72. The molecule has 208 valence electrons. The average Bonchev–Trinajstić information content (AvgIpc) is 3.58. The molecule has 1 unspecified atom stereocenters. The van der Waals surface area contributed by atoms with Crippen LogP contribution in [0.5, 0.6) is 0 Å². The predicted octanol–water partition coefficient (Wildman–Crippen LogP) is 3.17. The van der Waals surface area contributed by atoms with Gasteiger partial charge in [-0.05, 0) is 43.9 Å². The van der Waals surface area contributed by atoms with Gasteiger partial charge in [0.2, 0.25) is 5.91 Å². The maximum atomic E-state index is 13.5. The molecular weight excluding hydrogens is 498 g/mol. The van der Waals surface area contributed by atoms with Crippen LogP contribution in [0.25, 0.3) is 0 Å². The molecule has 3 saturated heterocycles. The van der Waals surface area contributed by atoms with Crippen LogP contribution in [0.15, 0.2) is 54.6 Å². The molecule has 4 aliphatic heterocycles. The molecule has 9 nitrogen and oxygen atoms in total. The molecule has 0 saturated carbocycles. The SMILES string of the molecule is O=C(N[C@@H](Cc1ccccc1)[C@H](O)CN1CCCCCC12C(=O)Nc1ccccc12)O[C@H]1CO[C@H]2OCC[C@H]21. The fraction of sp³-hybridized carbons (Fsp3) is 0.533. The molecule has 9 heteroatoms. The van der Waals surface area contributed by atoms with Gasteiger partial charge in [-0.3, -0.25) is 9.69 Å². The summed E-state index contributed by atoms with van der Waals surface area (Å²) in [6.45, 7) is 1.83. The Kier molecular flexibility index (Phi) is 7.57. The molecule has 0 radical (unpaired) electrons. The third kappa shape index (κ3) is 5.16. The summed E-state index contributed by atoms with van der Waals surface area (Å²) in [6, 6.07) is 17.0. The van der Waals surface area contributed by atoms with Crippen LogP contribution in [0.2, 0.25) is 0 Å². The molecule has 4 heterocycles. The number of benzene rings is 2. The van der Waals surface area contributed by atoms with Crippen molar-refractivity contribution in [2.75, 3.05) is 31.6 Å². The van der Waals surface area contributed by atoms with Gasteiger partial charge < -0.3 is 30.0 Å². The lowest BCUT2D eigenvalue weighted by atomic mass is 9.84. The number of hydrogen-bond donors (Lipinski definition) is 3. The van der Waals surface area contributed by atoms with Crippen molar-refractivity contribution in [1.82, 2.24) is 10.2 Å². The first-order chi connectivity index (χ1) is 19.0. The number of likely N-dealkylation sites (tertiary alicyclic amines) is 1. The maximum Gasteiger partial charge on any atom is 0.407 e. The van der Waals surface area contributed by atoms with E-state index in [0.717, 1.165) is 42.5 Å². The number of aliphatic hydroxyl groups excluding tert-OH is 1. The van der Waals surface area contributed by atoms with Gasteiger partial charge >= 0.3 is 6.09 Å². The number of nitrogens with zero attached hydrogens (tertiary/aromatic N) is 1. The second-order valence-electron chi connectivity index (χ2n) is 11.1. The second kappa shape index (κ2) is 11.3. The van der Waals surface area contributed by atoms with Crippen LogP contribution in [-0.2, 0) is 31.0 Å². The Morgan fingerprint density at radius 1 is 1.13 bits per heavy atom. The van der Waals surface area contributed by atoms with Crippen molar-refractivity contribution < 1.29 is 28.9 Å². The Morgan fingerprint density at radius 2 is 1.95 bits per heavy atom. The van der Waals surface area contributed by atoms with Crippen LogP contribution in [0.1, 0.15) is 43.2 Å². The number of ether oxygens (including phenoxy) is 3. The van der Waals surface area contributed by atoms with Crippen LogP contribution in [0, 0.1) is 5.92 Å². The van der Waals surface area contributed by atoms with Crippen molar-refractivity contribution in [2.24, 2.45) is 5.92 Å². The van der Waals surface area contributed by atoms with Gasteiger partial charge in [0.05, 0.1) is 31.3 Å². The molecule has 6 atom stereocenters. The standard InChI is InChI=1S/C30H37N3O6/c34-25(18-33-15-8-2-7-14-30(33)22-11-5-6-12-23(22)31-28(30)35)24(17-20-9-3-1-4-10-20)32-29(36)39-26-19-38-27-21(26)13-16-37-27/h1,3-6,9-12,21,24-27,34H,2,7-8,13-19H2,(H,31,35)(H,32,36)/t21-,24-,25+,26-,27+,30?/m0/s1. The van der Waals surface area contributed by atoms with Crippen molar-refractivity contribution in [3.63, 3.8) is 0 Å². The Bertz CT molecular complexity index is 1180. The highest BCUT2D eigenvalue weighted by atomic mass is 16.7. The van der Waals surface area contributed by atoms with E-state index >= 15 is 0 Å². The Balaban J connectivity index is 1.21. The second-order valence-corrected chi connectivity index (χ2v) is 11.1. The highest BCUT2D eigenvalue weighted by molar-refractivity contribution is 6.05. The van der Waals surface area contributed by atoms with Gasteiger partial charge in [-0.25, -0.2) is 4.79 Å². The zero-order chi connectivity index (χ0) is 26.8. The molecule has 0 aromatic heterocycles. The highest BCUT2D eigenvalue weighted by Crippen LogP contribution is 2.45. The molecule has 6 rings (SSSR count). The van der Waals surface area contributed by atoms with Crippen LogP contribution in [-0.4, -0.2) is 72.8 Å². The minimum atomic E-state index is -0.935. The van der Waals surface area contributed by atoms with E-state index in [0.29, 0.717) is 32.6 Å². The van der Waals surface area contributed by atoms with Crippen molar-refractivity contribution in [1.29, 1.82) is 0 Å². The summed E-state index contributed by atoms with van der Waals surface area (Å²) < 4.78 is 16.9. The number of para-hydroxylation sites is 1. The normalized spacial score (nSPS) is 29.8.